The highest BCUT2D eigenvalue weighted by molar-refractivity contribution is 5.82. The number of aliphatic hydroxyl groups is 1. The van der Waals surface area contributed by atoms with Crippen LogP contribution in [0.2, 0.25) is 0 Å². The Morgan fingerprint density at radius 2 is 1.83 bits per heavy atom. The number of likely N-dealkylation sites (N-methyl/N-ethyl adjacent to an activating group) is 1. The van der Waals surface area contributed by atoms with E-state index in [1.807, 2.05) is 11.9 Å². The van der Waals surface area contributed by atoms with Gasteiger partial charge in [-0.3, -0.25) is 0 Å². The van der Waals surface area contributed by atoms with E-state index in [0.717, 1.165) is 24.7 Å². The molecule has 1 saturated heterocycles. The highest BCUT2D eigenvalue weighted by atomic mass is 19.4. The van der Waals surface area contributed by atoms with Gasteiger partial charge in [-0.1, -0.05) is 24.3 Å². The van der Waals surface area contributed by atoms with Gasteiger partial charge in [-0.15, -0.1) is 0 Å². The van der Waals surface area contributed by atoms with E-state index in [2.05, 4.69) is 24.9 Å². The molecule has 7 rings (SSSR count). The summed E-state index contributed by atoms with van der Waals surface area (Å²) in [4.78, 5) is 27.1. The molecule has 5 heterocycles. The lowest BCUT2D eigenvalue weighted by Gasteiger charge is -2.37. The van der Waals surface area contributed by atoms with Crippen molar-refractivity contribution in [3.63, 3.8) is 0 Å². The average Bonchev–Trinajstić information content (AvgIpc) is 3.58. The zero-order valence-electron chi connectivity index (χ0n) is 22.8. The van der Waals surface area contributed by atoms with Gasteiger partial charge >= 0.3 is 6.18 Å². The predicted molar refractivity (Wildman–Crippen MR) is 147 cm³/mol. The van der Waals surface area contributed by atoms with Crippen molar-refractivity contribution < 1.29 is 23.0 Å². The maximum Gasteiger partial charge on any atom is 0.434 e. The van der Waals surface area contributed by atoms with Gasteiger partial charge in [0.05, 0.1) is 36.1 Å². The van der Waals surface area contributed by atoms with Crippen LogP contribution in [0.1, 0.15) is 53.4 Å². The van der Waals surface area contributed by atoms with Crippen LogP contribution in [0.4, 0.5) is 13.2 Å². The molecule has 2 aliphatic rings. The normalized spacial score (nSPS) is 17.0. The molecule has 0 spiro atoms. The van der Waals surface area contributed by atoms with Crippen molar-refractivity contribution in [1.82, 2.24) is 39.4 Å². The Morgan fingerprint density at radius 1 is 1.07 bits per heavy atom. The SMILES string of the molecule is COc1ncnc(C2CC2)c1-c1ncc2[nH]cc(C(O)c3ccc(-c4nc(C(F)(F)F)cn4C4CN(C)C4)cc3)c2n1. The number of nitrogens with zero attached hydrogens (tertiary/aromatic N) is 7. The summed E-state index contributed by atoms with van der Waals surface area (Å²) in [6, 6.07) is 6.67. The number of methoxy groups -OCH3 is 1. The first-order valence-corrected chi connectivity index (χ1v) is 13.6. The fourth-order valence-electron chi connectivity index (χ4n) is 5.53. The maximum absolute atomic E-state index is 13.5. The highest BCUT2D eigenvalue weighted by Crippen LogP contribution is 2.45. The number of H-pyrrole nitrogens is 1. The number of fused-ring (bicyclic) bond motifs is 1. The Hall–Kier alpha value is -4.36. The number of benzene rings is 1. The van der Waals surface area contributed by atoms with Gasteiger partial charge in [0.2, 0.25) is 5.88 Å². The Kier molecular flexibility index (Phi) is 6.24. The van der Waals surface area contributed by atoms with Crippen LogP contribution in [0.5, 0.6) is 5.88 Å². The number of rotatable bonds is 7. The molecule has 1 aliphatic carbocycles. The molecule has 10 nitrogen and oxygen atoms in total. The summed E-state index contributed by atoms with van der Waals surface area (Å²) in [6.07, 6.45) is 2.33. The second kappa shape index (κ2) is 9.88. The first kappa shape index (κ1) is 26.5. The Morgan fingerprint density at radius 3 is 2.50 bits per heavy atom. The van der Waals surface area contributed by atoms with E-state index in [0.29, 0.717) is 64.0 Å². The standard InChI is InChI=1S/C29H27F3N8O2/c1-39-11-18(12-39)40-13-21(29(30,31)32)37-27(40)17-7-5-16(6-8-17)25(41)19-9-33-20-10-34-26(38-24(19)20)22-23(15-3-4-15)35-14-36-28(22)42-2/h5-10,13-15,18,25,33,41H,3-4,11-12H2,1-2H3. The van der Waals surface area contributed by atoms with Crippen molar-refractivity contribution in [2.45, 2.75) is 37.1 Å². The van der Waals surface area contributed by atoms with Crippen molar-refractivity contribution >= 4 is 11.0 Å². The summed E-state index contributed by atoms with van der Waals surface area (Å²) in [5, 5.41) is 11.4. The number of nitrogens with one attached hydrogen (secondary N) is 1. The molecule has 42 heavy (non-hydrogen) atoms. The van der Waals surface area contributed by atoms with Gasteiger partial charge in [-0.05, 0) is 25.5 Å². The van der Waals surface area contributed by atoms with E-state index in [4.69, 9.17) is 9.72 Å². The molecule has 0 radical (unpaired) electrons. The number of hydrogen-bond donors (Lipinski definition) is 2. The summed E-state index contributed by atoms with van der Waals surface area (Å²) in [5.74, 6) is 1.34. The molecular weight excluding hydrogens is 549 g/mol. The number of hydrogen-bond acceptors (Lipinski definition) is 8. The zero-order chi connectivity index (χ0) is 29.2. The lowest BCUT2D eigenvalue weighted by Crippen LogP contribution is -2.44. The van der Waals surface area contributed by atoms with E-state index in [1.165, 1.54) is 13.4 Å². The number of aromatic nitrogens is 7. The minimum atomic E-state index is -4.54. The summed E-state index contributed by atoms with van der Waals surface area (Å²) < 4.78 is 47.6. The molecule has 1 atom stereocenters. The third kappa shape index (κ3) is 4.58. The molecular formula is C29H27F3N8O2. The van der Waals surface area contributed by atoms with Gasteiger partial charge in [-0.2, -0.15) is 13.2 Å². The van der Waals surface area contributed by atoms with Crippen molar-refractivity contribution in [3.05, 3.63) is 71.7 Å². The third-order valence-electron chi connectivity index (χ3n) is 7.91. The fourth-order valence-corrected chi connectivity index (χ4v) is 5.53. The molecule has 1 unspecified atom stereocenters. The minimum absolute atomic E-state index is 0.0898. The van der Waals surface area contributed by atoms with Gasteiger partial charge in [-0.25, -0.2) is 24.9 Å². The second-order valence-corrected chi connectivity index (χ2v) is 10.9. The van der Waals surface area contributed by atoms with Gasteiger partial charge in [0, 0.05) is 42.5 Å². The van der Waals surface area contributed by atoms with E-state index in [1.54, 1.807) is 41.2 Å². The highest BCUT2D eigenvalue weighted by Gasteiger charge is 2.37. The van der Waals surface area contributed by atoms with Crippen LogP contribution in [0, 0.1) is 0 Å². The lowest BCUT2D eigenvalue weighted by atomic mass is 10.0. The Bertz CT molecular complexity index is 1770. The molecule has 216 valence electrons. The number of ether oxygens (including phenoxy) is 1. The van der Waals surface area contributed by atoms with Gasteiger partial charge < -0.3 is 24.3 Å². The molecule has 0 bridgehead atoms. The quantitative estimate of drug-likeness (QED) is 0.285. The molecule has 5 aromatic rings. The van der Waals surface area contributed by atoms with Crippen LogP contribution in [-0.2, 0) is 6.18 Å². The molecule has 2 fully saturated rings. The molecule has 1 saturated carbocycles. The Labute approximate surface area is 238 Å². The maximum atomic E-state index is 13.5. The summed E-state index contributed by atoms with van der Waals surface area (Å²) in [5.41, 5.74) is 3.35. The molecule has 4 aromatic heterocycles. The van der Waals surface area contributed by atoms with Crippen LogP contribution in [0.3, 0.4) is 0 Å². The average molecular weight is 577 g/mol. The van der Waals surface area contributed by atoms with Crippen LogP contribution in [-0.4, -0.2) is 71.7 Å². The van der Waals surface area contributed by atoms with E-state index < -0.39 is 18.0 Å². The van der Waals surface area contributed by atoms with Crippen molar-refractivity contribution in [3.8, 4) is 28.7 Å². The fraction of sp³-hybridized carbons (Fsp3) is 0.345. The molecule has 1 aromatic carbocycles. The number of aromatic amines is 1. The van der Waals surface area contributed by atoms with Gasteiger partial charge in [0.15, 0.2) is 11.5 Å². The van der Waals surface area contributed by atoms with E-state index >= 15 is 0 Å². The number of likely N-dealkylation sites (tertiary alicyclic amines) is 1. The van der Waals surface area contributed by atoms with Gasteiger partial charge in [0.1, 0.15) is 23.8 Å². The first-order chi connectivity index (χ1) is 20.2. The lowest BCUT2D eigenvalue weighted by molar-refractivity contribution is -0.141. The number of alkyl halides is 3. The molecule has 1 aliphatic heterocycles. The van der Waals surface area contributed by atoms with Crippen LogP contribution < -0.4 is 4.74 Å². The van der Waals surface area contributed by atoms with E-state index in [9.17, 15) is 18.3 Å². The molecule has 2 N–H and O–H groups in total. The monoisotopic (exact) mass is 576 g/mol. The second-order valence-electron chi connectivity index (χ2n) is 10.9. The van der Waals surface area contributed by atoms with Crippen molar-refractivity contribution in [2.24, 2.45) is 0 Å². The van der Waals surface area contributed by atoms with E-state index in [-0.39, 0.29) is 11.9 Å². The minimum Gasteiger partial charge on any atom is -0.480 e. The number of imidazole rings is 1. The van der Waals surface area contributed by atoms with Crippen LogP contribution in [0.25, 0.3) is 33.8 Å². The topological polar surface area (TPSA) is 118 Å². The summed E-state index contributed by atoms with van der Waals surface area (Å²) in [6.45, 7) is 1.29. The largest absolute Gasteiger partial charge is 0.480 e. The van der Waals surface area contributed by atoms with Crippen molar-refractivity contribution in [1.29, 1.82) is 0 Å². The first-order valence-electron chi connectivity index (χ1n) is 13.6. The van der Waals surface area contributed by atoms with Crippen LogP contribution >= 0.6 is 0 Å². The van der Waals surface area contributed by atoms with Crippen LogP contribution in [0.15, 0.2) is 49.2 Å². The number of aliphatic hydroxyl groups excluding tert-OH is 1. The smallest absolute Gasteiger partial charge is 0.434 e. The Balaban J connectivity index is 1.22. The zero-order valence-corrected chi connectivity index (χ0v) is 22.8. The summed E-state index contributed by atoms with van der Waals surface area (Å²) >= 11 is 0. The molecule has 13 heteroatoms. The summed E-state index contributed by atoms with van der Waals surface area (Å²) in [7, 11) is 3.46. The van der Waals surface area contributed by atoms with Gasteiger partial charge in [0.25, 0.3) is 0 Å². The third-order valence-corrected chi connectivity index (χ3v) is 7.91. The number of halogens is 3. The van der Waals surface area contributed by atoms with Crippen molar-refractivity contribution in [2.75, 3.05) is 27.2 Å². The molecule has 0 amide bonds. The predicted octanol–water partition coefficient (Wildman–Crippen LogP) is 4.75.